The highest BCUT2D eigenvalue weighted by Crippen LogP contribution is 2.25. The molecule has 0 aliphatic heterocycles. The third kappa shape index (κ3) is 3.61. The molecule has 0 radical (unpaired) electrons. The molecule has 0 bridgehead atoms. The Labute approximate surface area is 155 Å². The Balaban J connectivity index is 1.98. The van der Waals surface area contributed by atoms with Crippen molar-refractivity contribution >= 4 is 27.5 Å². The Hall–Kier alpha value is -2.53. The van der Waals surface area contributed by atoms with Gasteiger partial charge in [0.25, 0.3) is 5.91 Å². The van der Waals surface area contributed by atoms with Crippen LogP contribution in [0.3, 0.4) is 0 Å². The number of halogens is 1. The average molecular weight is 399 g/mol. The lowest BCUT2D eigenvalue weighted by Crippen LogP contribution is -2.16. The molecule has 3 rings (SSSR count). The Kier molecular flexibility index (Phi) is 4.95. The smallest absolute Gasteiger partial charge is 0.257 e. The molecule has 0 atom stereocenters. The lowest BCUT2D eigenvalue weighted by atomic mass is 10.1. The van der Waals surface area contributed by atoms with Crippen molar-refractivity contribution in [1.29, 1.82) is 0 Å². The number of methoxy groups -OCH3 is 1. The number of hydrogen-bond acceptors (Lipinski definition) is 2. The molecule has 0 saturated heterocycles. The van der Waals surface area contributed by atoms with Gasteiger partial charge < -0.3 is 14.6 Å². The van der Waals surface area contributed by atoms with Crippen LogP contribution in [0.25, 0.3) is 5.69 Å². The van der Waals surface area contributed by atoms with Crippen LogP contribution in [0.5, 0.6) is 5.75 Å². The lowest BCUT2D eigenvalue weighted by Gasteiger charge is -2.15. The van der Waals surface area contributed by atoms with Crippen molar-refractivity contribution in [1.82, 2.24) is 4.57 Å². The van der Waals surface area contributed by atoms with Gasteiger partial charge in [0.05, 0.1) is 18.4 Å². The van der Waals surface area contributed by atoms with Crippen molar-refractivity contribution < 1.29 is 9.53 Å². The number of carbonyl (C=O) groups excluding carboxylic acids is 1. The first-order chi connectivity index (χ1) is 12.0. The number of aryl methyl sites for hydroxylation is 2. The Bertz CT molecular complexity index is 894. The summed E-state index contributed by atoms with van der Waals surface area (Å²) in [7, 11) is 1.61. The van der Waals surface area contributed by atoms with Crippen molar-refractivity contribution in [3.8, 4) is 11.4 Å². The first kappa shape index (κ1) is 17.3. The Morgan fingerprint density at radius 2 is 1.64 bits per heavy atom. The molecule has 0 unspecified atom stereocenters. The van der Waals surface area contributed by atoms with Gasteiger partial charge in [-0.15, -0.1) is 0 Å². The zero-order valence-corrected chi connectivity index (χ0v) is 15.9. The van der Waals surface area contributed by atoms with E-state index in [1.54, 1.807) is 7.11 Å². The average Bonchev–Trinajstić information content (AvgIpc) is 2.94. The lowest BCUT2D eigenvalue weighted by molar-refractivity contribution is 0.102. The molecule has 1 heterocycles. The van der Waals surface area contributed by atoms with E-state index in [4.69, 9.17) is 4.74 Å². The maximum absolute atomic E-state index is 12.9. The normalized spacial score (nSPS) is 10.6. The van der Waals surface area contributed by atoms with Crippen molar-refractivity contribution in [3.63, 3.8) is 0 Å². The van der Waals surface area contributed by atoms with Crippen LogP contribution in [0.1, 0.15) is 21.7 Å². The fraction of sp³-hybridized carbons (Fsp3) is 0.150. The molecule has 0 aliphatic rings. The molecule has 128 valence electrons. The number of nitrogens with one attached hydrogen (secondary N) is 1. The third-order valence-corrected chi connectivity index (χ3v) is 4.56. The highest BCUT2D eigenvalue weighted by atomic mass is 79.9. The Morgan fingerprint density at radius 3 is 2.24 bits per heavy atom. The van der Waals surface area contributed by atoms with E-state index in [0.29, 0.717) is 5.56 Å². The van der Waals surface area contributed by atoms with E-state index < -0.39 is 0 Å². The number of hydrogen-bond donors (Lipinski definition) is 1. The zero-order valence-electron chi connectivity index (χ0n) is 14.3. The van der Waals surface area contributed by atoms with Gasteiger partial charge in [-0.2, -0.15) is 0 Å². The van der Waals surface area contributed by atoms with Gasteiger partial charge in [-0.05, 0) is 68.4 Å². The van der Waals surface area contributed by atoms with Gasteiger partial charge in [-0.1, -0.05) is 15.9 Å². The first-order valence-corrected chi connectivity index (χ1v) is 8.69. The number of anilines is 1. The van der Waals surface area contributed by atoms with E-state index in [1.165, 1.54) is 0 Å². The molecule has 3 aromatic rings. The summed E-state index contributed by atoms with van der Waals surface area (Å²) in [5.74, 6) is 0.591. The molecule has 0 saturated carbocycles. The van der Waals surface area contributed by atoms with Crippen LogP contribution in [-0.4, -0.2) is 17.6 Å². The summed E-state index contributed by atoms with van der Waals surface area (Å²) < 4.78 is 8.09. The van der Waals surface area contributed by atoms with Crippen LogP contribution < -0.4 is 10.1 Å². The van der Waals surface area contributed by atoms with E-state index in [9.17, 15) is 4.79 Å². The van der Waals surface area contributed by atoms with Crippen LogP contribution >= 0.6 is 15.9 Å². The number of rotatable bonds is 4. The largest absolute Gasteiger partial charge is 0.497 e. The van der Waals surface area contributed by atoms with Crippen LogP contribution in [0.15, 0.2) is 59.1 Å². The molecule has 1 amide bonds. The predicted molar refractivity (Wildman–Crippen MR) is 104 cm³/mol. The summed E-state index contributed by atoms with van der Waals surface area (Å²) in [6, 6.07) is 17.1. The third-order valence-electron chi connectivity index (χ3n) is 4.06. The van der Waals surface area contributed by atoms with Gasteiger partial charge in [-0.3, -0.25) is 4.79 Å². The molecular formula is C20H19BrN2O2. The number of nitrogens with zero attached hydrogens (tertiary/aromatic N) is 1. The Morgan fingerprint density at radius 1 is 1.00 bits per heavy atom. The van der Waals surface area contributed by atoms with E-state index in [1.807, 2.05) is 68.4 Å². The highest BCUT2D eigenvalue weighted by molar-refractivity contribution is 9.10. The maximum atomic E-state index is 12.9. The van der Waals surface area contributed by atoms with E-state index in [0.717, 1.165) is 33.0 Å². The standard InChI is InChI=1S/C20H19BrN2O2/c1-13-4-5-14(2)23(13)19-11-6-15(21)12-18(19)20(24)22-16-7-9-17(25-3)10-8-16/h4-12H,1-3H3,(H,22,24). The minimum absolute atomic E-state index is 0.158. The molecule has 1 aromatic heterocycles. The summed E-state index contributed by atoms with van der Waals surface area (Å²) in [5, 5.41) is 2.95. The van der Waals surface area contributed by atoms with Crippen LogP contribution in [0, 0.1) is 13.8 Å². The molecule has 25 heavy (non-hydrogen) atoms. The fourth-order valence-corrected chi connectivity index (χ4v) is 3.17. The molecule has 0 fully saturated rings. The van der Waals surface area contributed by atoms with Gasteiger partial charge in [0, 0.05) is 21.5 Å². The quantitative estimate of drug-likeness (QED) is 0.662. The van der Waals surface area contributed by atoms with E-state index >= 15 is 0 Å². The summed E-state index contributed by atoms with van der Waals surface area (Å²) in [4.78, 5) is 12.9. The van der Waals surface area contributed by atoms with Crippen molar-refractivity contribution in [2.75, 3.05) is 12.4 Å². The van der Waals surface area contributed by atoms with E-state index in [2.05, 4.69) is 25.8 Å². The second-order valence-electron chi connectivity index (χ2n) is 5.80. The van der Waals surface area contributed by atoms with Crippen LogP contribution in [0.2, 0.25) is 0 Å². The highest BCUT2D eigenvalue weighted by Gasteiger charge is 2.16. The van der Waals surface area contributed by atoms with Crippen molar-refractivity contribution in [2.24, 2.45) is 0 Å². The summed E-state index contributed by atoms with van der Waals surface area (Å²) in [5.41, 5.74) is 4.34. The number of benzene rings is 2. The maximum Gasteiger partial charge on any atom is 0.257 e. The van der Waals surface area contributed by atoms with Crippen LogP contribution in [-0.2, 0) is 0 Å². The van der Waals surface area contributed by atoms with Gasteiger partial charge in [-0.25, -0.2) is 0 Å². The van der Waals surface area contributed by atoms with Crippen molar-refractivity contribution in [2.45, 2.75) is 13.8 Å². The number of aromatic nitrogens is 1. The summed E-state index contributed by atoms with van der Waals surface area (Å²) in [6.07, 6.45) is 0. The SMILES string of the molecule is COc1ccc(NC(=O)c2cc(Br)ccc2-n2c(C)ccc2C)cc1. The van der Waals surface area contributed by atoms with Gasteiger partial charge in [0.15, 0.2) is 0 Å². The number of amides is 1. The van der Waals surface area contributed by atoms with Crippen molar-refractivity contribution in [3.05, 3.63) is 76.0 Å². The van der Waals surface area contributed by atoms with Gasteiger partial charge >= 0.3 is 0 Å². The summed E-state index contributed by atoms with van der Waals surface area (Å²) >= 11 is 3.46. The fourth-order valence-electron chi connectivity index (χ4n) is 2.81. The predicted octanol–water partition coefficient (Wildman–Crippen LogP) is 5.12. The van der Waals surface area contributed by atoms with Crippen LogP contribution in [0.4, 0.5) is 5.69 Å². The minimum Gasteiger partial charge on any atom is -0.497 e. The number of ether oxygens (including phenoxy) is 1. The van der Waals surface area contributed by atoms with Gasteiger partial charge in [0.2, 0.25) is 0 Å². The summed E-state index contributed by atoms with van der Waals surface area (Å²) in [6.45, 7) is 4.06. The molecule has 1 N–H and O–H groups in total. The first-order valence-electron chi connectivity index (χ1n) is 7.90. The zero-order chi connectivity index (χ0) is 18.0. The second-order valence-corrected chi connectivity index (χ2v) is 6.71. The topological polar surface area (TPSA) is 43.3 Å². The van der Waals surface area contributed by atoms with Gasteiger partial charge in [0.1, 0.15) is 5.75 Å². The molecule has 0 aliphatic carbocycles. The molecular weight excluding hydrogens is 380 g/mol. The number of carbonyl (C=O) groups is 1. The molecule has 5 heteroatoms. The second kappa shape index (κ2) is 7.15. The van der Waals surface area contributed by atoms with E-state index in [-0.39, 0.29) is 5.91 Å². The monoisotopic (exact) mass is 398 g/mol. The molecule has 4 nitrogen and oxygen atoms in total. The molecule has 0 spiro atoms. The molecule has 2 aromatic carbocycles. The minimum atomic E-state index is -0.158.